The molecular weight excluding hydrogens is 341 g/mol. The maximum atomic E-state index is 14.6. The van der Waals surface area contributed by atoms with Gasteiger partial charge in [-0.3, -0.25) is 4.79 Å². The Labute approximate surface area is 147 Å². The molecule has 0 atom stereocenters. The van der Waals surface area contributed by atoms with Gasteiger partial charge < -0.3 is 5.32 Å². The minimum atomic E-state index is -0.429. The molecule has 0 saturated heterocycles. The van der Waals surface area contributed by atoms with Crippen molar-refractivity contribution < 1.29 is 9.18 Å². The van der Waals surface area contributed by atoms with Crippen LogP contribution in [0.25, 0.3) is 5.69 Å². The predicted octanol–water partition coefficient (Wildman–Crippen LogP) is 3.61. The first-order chi connectivity index (χ1) is 12.0. The first-order valence-electron chi connectivity index (χ1n) is 7.99. The number of anilines is 1. The van der Waals surface area contributed by atoms with Gasteiger partial charge in [-0.1, -0.05) is 4.49 Å². The smallest absolute Gasteiger partial charge is 0.269 e. The highest BCUT2D eigenvalue weighted by Gasteiger charge is 2.28. The second kappa shape index (κ2) is 6.03. The summed E-state index contributed by atoms with van der Waals surface area (Å²) in [4.78, 5) is 12.6. The van der Waals surface area contributed by atoms with E-state index in [0.29, 0.717) is 27.9 Å². The van der Waals surface area contributed by atoms with Gasteiger partial charge in [-0.25, -0.2) is 9.07 Å². The van der Waals surface area contributed by atoms with Crippen molar-refractivity contribution in [1.82, 2.24) is 19.4 Å². The van der Waals surface area contributed by atoms with Crippen LogP contribution in [0.4, 0.5) is 10.1 Å². The van der Waals surface area contributed by atoms with E-state index in [1.165, 1.54) is 6.07 Å². The van der Waals surface area contributed by atoms with Crippen molar-refractivity contribution in [3.05, 3.63) is 52.0 Å². The molecule has 0 bridgehead atoms. The molecule has 1 N–H and O–H groups in total. The standard InChI is InChI=1S/C17H16FN5OS/c1-9-7-15(11-3-4-11)23(21-9)14-6-5-12(8-13(14)18)19-17(24)16-10(2)20-22-25-16/h5-8,11H,3-4H2,1-2H3,(H,19,24). The van der Waals surface area contributed by atoms with Gasteiger partial charge in [-0.05, 0) is 62.5 Å². The highest BCUT2D eigenvalue weighted by atomic mass is 32.1. The number of nitrogens with one attached hydrogen (secondary N) is 1. The lowest BCUT2D eigenvalue weighted by molar-refractivity contribution is 0.103. The quantitative estimate of drug-likeness (QED) is 0.774. The van der Waals surface area contributed by atoms with Gasteiger partial charge in [0, 0.05) is 17.3 Å². The molecular formula is C17H16FN5OS. The summed E-state index contributed by atoms with van der Waals surface area (Å²) in [7, 11) is 0. The fraction of sp³-hybridized carbons (Fsp3) is 0.294. The summed E-state index contributed by atoms with van der Waals surface area (Å²) in [6.45, 7) is 3.61. The van der Waals surface area contributed by atoms with Gasteiger partial charge in [-0.2, -0.15) is 5.10 Å². The van der Waals surface area contributed by atoms with E-state index in [0.717, 1.165) is 35.8 Å². The number of aryl methyl sites for hydroxylation is 2. The largest absolute Gasteiger partial charge is 0.321 e. The van der Waals surface area contributed by atoms with Crippen LogP contribution in [0.3, 0.4) is 0 Å². The van der Waals surface area contributed by atoms with Crippen LogP contribution >= 0.6 is 11.5 Å². The van der Waals surface area contributed by atoms with Crippen LogP contribution in [0.1, 0.15) is 45.5 Å². The minimum Gasteiger partial charge on any atom is -0.321 e. The molecule has 0 spiro atoms. The molecule has 25 heavy (non-hydrogen) atoms. The number of aromatic nitrogens is 4. The highest BCUT2D eigenvalue weighted by Crippen LogP contribution is 2.41. The van der Waals surface area contributed by atoms with E-state index in [4.69, 9.17) is 0 Å². The zero-order chi connectivity index (χ0) is 17.6. The van der Waals surface area contributed by atoms with Gasteiger partial charge in [0.2, 0.25) is 0 Å². The summed E-state index contributed by atoms with van der Waals surface area (Å²) in [6.07, 6.45) is 2.23. The van der Waals surface area contributed by atoms with Gasteiger partial charge >= 0.3 is 0 Å². The minimum absolute atomic E-state index is 0.340. The normalized spacial score (nSPS) is 13.9. The molecule has 1 amide bonds. The lowest BCUT2D eigenvalue weighted by atomic mass is 10.2. The first kappa shape index (κ1) is 15.9. The van der Waals surface area contributed by atoms with Gasteiger partial charge in [0.05, 0.1) is 11.4 Å². The fourth-order valence-corrected chi connectivity index (χ4v) is 3.32. The number of benzene rings is 1. The zero-order valence-corrected chi connectivity index (χ0v) is 14.6. The maximum Gasteiger partial charge on any atom is 0.269 e. The number of amides is 1. The summed E-state index contributed by atoms with van der Waals surface area (Å²) < 4.78 is 20.1. The molecule has 2 heterocycles. The average molecular weight is 357 g/mol. The molecule has 3 aromatic rings. The lowest BCUT2D eigenvalue weighted by Crippen LogP contribution is -2.12. The Morgan fingerprint density at radius 1 is 1.32 bits per heavy atom. The molecule has 1 aliphatic rings. The Morgan fingerprint density at radius 2 is 2.12 bits per heavy atom. The van der Waals surface area contributed by atoms with E-state index in [1.54, 1.807) is 23.7 Å². The number of carbonyl (C=O) groups is 1. The van der Waals surface area contributed by atoms with Crippen LogP contribution in [0.15, 0.2) is 24.3 Å². The van der Waals surface area contributed by atoms with Crippen molar-refractivity contribution in [2.75, 3.05) is 5.32 Å². The van der Waals surface area contributed by atoms with E-state index in [9.17, 15) is 9.18 Å². The van der Waals surface area contributed by atoms with Gasteiger partial charge in [0.15, 0.2) is 5.82 Å². The second-order valence-corrected chi connectivity index (χ2v) is 6.96. The monoisotopic (exact) mass is 357 g/mol. The Bertz CT molecular complexity index is 960. The van der Waals surface area contributed by atoms with E-state index in [-0.39, 0.29) is 5.91 Å². The summed E-state index contributed by atoms with van der Waals surface area (Å²) in [6, 6.07) is 6.63. The number of hydrogen-bond donors (Lipinski definition) is 1. The summed E-state index contributed by atoms with van der Waals surface area (Å²) >= 11 is 1.01. The molecule has 0 radical (unpaired) electrons. The third kappa shape index (κ3) is 3.05. The zero-order valence-electron chi connectivity index (χ0n) is 13.8. The highest BCUT2D eigenvalue weighted by molar-refractivity contribution is 7.08. The molecule has 0 aliphatic heterocycles. The summed E-state index contributed by atoms with van der Waals surface area (Å²) in [5, 5.41) is 10.9. The van der Waals surface area contributed by atoms with E-state index < -0.39 is 5.82 Å². The van der Waals surface area contributed by atoms with Crippen molar-refractivity contribution in [2.45, 2.75) is 32.6 Å². The van der Waals surface area contributed by atoms with Gasteiger partial charge in [-0.15, -0.1) is 5.10 Å². The van der Waals surface area contributed by atoms with Crippen LogP contribution in [0.2, 0.25) is 0 Å². The predicted molar refractivity (Wildman–Crippen MR) is 92.8 cm³/mol. The molecule has 1 aliphatic carbocycles. The number of rotatable bonds is 4. The summed E-state index contributed by atoms with van der Waals surface area (Å²) in [5.41, 5.74) is 3.24. The average Bonchev–Trinajstić information content (AvgIpc) is 3.21. The Kier molecular flexibility index (Phi) is 3.84. The number of hydrogen-bond acceptors (Lipinski definition) is 5. The summed E-state index contributed by atoms with van der Waals surface area (Å²) in [5.74, 6) is -0.308. The Morgan fingerprint density at radius 3 is 2.76 bits per heavy atom. The van der Waals surface area contributed by atoms with Gasteiger partial charge in [0.1, 0.15) is 10.6 Å². The van der Waals surface area contributed by atoms with E-state index in [2.05, 4.69) is 20.0 Å². The molecule has 1 fully saturated rings. The maximum absolute atomic E-state index is 14.6. The van der Waals surface area contributed by atoms with Crippen molar-refractivity contribution >= 4 is 23.1 Å². The molecule has 4 rings (SSSR count). The van der Waals surface area contributed by atoms with Crippen LogP contribution < -0.4 is 5.32 Å². The molecule has 0 unspecified atom stereocenters. The van der Waals surface area contributed by atoms with Crippen LogP contribution in [0, 0.1) is 19.7 Å². The number of carbonyl (C=O) groups excluding carboxylic acids is 1. The van der Waals surface area contributed by atoms with Crippen LogP contribution in [-0.2, 0) is 0 Å². The third-order valence-electron chi connectivity index (χ3n) is 4.15. The number of nitrogens with zero attached hydrogens (tertiary/aromatic N) is 4. The molecule has 128 valence electrons. The molecule has 2 aromatic heterocycles. The second-order valence-electron chi connectivity index (χ2n) is 6.20. The van der Waals surface area contributed by atoms with Crippen LogP contribution in [0.5, 0.6) is 0 Å². The Hall–Kier alpha value is -2.61. The fourth-order valence-electron chi connectivity index (χ4n) is 2.77. The number of halogens is 1. The van der Waals surface area contributed by atoms with Gasteiger partial charge in [0.25, 0.3) is 5.91 Å². The van der Waals surface area contributed by atoms with E-state index >= 15 is 0 Å². The molecule has 6 nitrogen and oxygen atoms in total. The Balaban J connectivity index is 1.61. The lowest BCUT2D eigenvalue weighted by Gasteiger charge is -2.10. The van der Waals surface area contributed by atoms with Crippen LogP contribution in [-0.4, -0.2) is 25.3 Å². The van der Waals surface area contributed by atoms with Crippen molar-refractivity contribution in [2.24, 2.45) is 0 Å². The molecule has 1 saturated carbocycles. The van der Waals surface area contributed by atoms with Crippen molar-refractivity contribution in [3.63, 3.8) is 0 Å². The third-order valence-corrected chi connectivity index (χ3v) is 4.97. The van der Waals surface area contributed by atoms with Crippen molar-refractivity contribution in [1.29, 1.82) is 0 Å². The molecule has 1 aromatic carbocycles. The molecule has 8 heteroatoms. The van der Waals surface area contributed by atoms with E-state index in [1.807, 2.05) is 13.0 Å². The SMILES string of the molecule is Cc1cc(C2CC2)n(-c2ccc(NC(=O)c3snnc3C)cc2F)n1. The van der Waals surface area contributed by atoms with Crippen molar-refractivity contribution in [3.8, 4) is 5.69 Å². The topological polar surface area (TPSA) is 72.7 Å². The first-order valence-corrected chi connectivity index (χ1v) is 8.77.